The topological polar surface area (TPSA) is 12.0 Å². The van der Waals surface area contributed by atoms with Crippen LogP contribution in [0.15, 0.2) is 0 Å². The number of hydrogen-bond acceptors (Lipinski definition) is 1. The molecule has 0 amide bonds. The molecule has 1 rings (SSSR count). The largest absolute Gasteiger partial charge is 0.312 e. The Morgan fingerprint density at radius 2 is 2.20 bits per heavy atom. The molecular weight excluding hydrogens is 122 g/mol. The fourth-order valence-electron chi connectivity index (χ4n) is 1.93. The molecule has 1 saturated heterocycles. The van der Waals surface area contributed by atoms with Gasteiger partial charge in [0.05, 0.1) is 0 Å². The van der Waals surface area contributed by atoms with Crippen molar-refractivity contribution in [3.63, 3.8) is 0 Å². The number of nitrogens with one attached hydrogen (secondary N) is 1. The van der Waals surface area contributed by atoms with E-state index in [-0.39, 0.29) is 0 Å². The Balaban J connectivity index is 2.43. The Labute approximate surface area is 64.2 Å². The molecule has 0 aromatic carbocycles. The first-order valence-electron chi connectivity index (χ1n) is 4.42. The van der Waals surface area contributed by atoms with E-state index in [0.717, 1.165) is 5.92 Å². The van der Waals surface area contributed by atoms with Gasteiger partial charge in [0.1, 0.15) is 0 Å². The van der Waals surface area contributed by atoms with E-state index in [9.17, 15) is 0 Å². The normalized spacial score (nSPS) is 30.9. The minimum Gasteiger partial charge on any atom is -0.312 e. The summed E-state index contributed by atoms with van der Waals surface area (Å²) in [6, 6.07) is 0. The summed E-state index contributed by atoms with van der Waals surface area (Å²) in [5.41, 5.74) is 0.413. The predicted molar refractivity (Wildman–Crippen MR) is 45.1 cm³/mol. The monoisotopic (exact) mass is 141 g/mol. The van der Waals surface area contributed by atoms with Crippen molar-refractivity contribution < 1.29 is 0 Å². The van der Waals surface area contributed by atoms with Crippen molar-refractivity contribution in [2.24, 2.45) is 5.92 Å². The Bertz CT molecular complexity index is 107. The fraction of sp³-hybridized carbons (Fsp3) is 1.00. The van der Waals surface area contributed by atoms with E-state index in [2.05, 4.69) is 26.1 Å². The minimum atomic E-state index is 0.413. The molecule has 60 valence electrons. The predicted octanol–water partition coefficient (Wildman–Crippen LogP) is 2.17. The van der Waals surface area contributed by atoms with Crippen LogP contribution in [0.4, 0.5) is 0 Å². The lowest BCUT2D eigenvalue weighted by atomic mass is 9.86. The molecule has 0 saturated carbocycles. The van der Waals surface area contributed by atoms with Gasteiger partial charge >= 0.3 is 0 Å². The Hall–Kier alpha value is -0.0400. The Kier molecular flexibility index (Phi) is 2.35. The Morgan fingerprint density at radius 3 is 2.60 bits per heavy atom. The van der Waals surface area contributed by atoms with Crippen molar-refractivity contribution in [3.8, 4) is 0 Å². The van der Waals surface area contributed by atoms with E-state index in [1.165, 1.54) is 25.8 Å². The van der Waals surface area contributed by atoms with Gasteiger partial charge in [-0.25, -0.2) is 0 Å². The first-order chi connectivity index (χ1) is 4.67. The van der Waals surface area contributed by atoms with E-state index < -0.39 is 0 Å². The van der Waals surface area contributed by atoms with Crippen LogP contribution in [0.1, 0.15) is 40.0 Å². The highest BCUT2D eigenvalue weighted by atomic mass is 15.0. The third-order valence-electron chi connectivity index (χ3n) is 2.73. The molecule has 1 heterocycles. The van der Waals surface area contributed by atoms with Crippen molar-refractivity contribution in [2.45, 2.75) is 45.6 Å². The van der Waals surface area contributed by atoms with E-state index in [1.807, 2.05) is 0 Å². The molecule has 1 unspecified atom stereocenters. The minimum absolute atomic E-state index is 0.413. The van der Waals surface area contributed by atoms with E-state index in [0.29, 0.717) is 5.54 Å². The zero-order valence-electron chi connectivity index (χ0n) is 7.41. The molecule has 0 bridgehead atoms. The molecule has 0 aliphatic carbocycles. The first kappa shape index (κ1) is 8.06. The maximum atomic E-state index is 3.53. The van der Waals surface area contributed by atoms with Crippen molar-refractivity contribution in [2.75, 3.05) is 6.54 Å². The molecular formula is C9H19N. The van der Waals surface area contributed by atoms with Crippen LogP contribution in [0.3, 0.4) is 0 Å². The maximum Gasteiger partial charge on any atom is 0.0153 e. The fourth-order valence-corrected chi connectivity index (χ4v) is 1.93. The van der Waals surface area contributed by atoms with Gasteiger partial charge in [-0.05, 0) is 39.2 Å². The molecule has 0 radical (unpaired) electrons. The summed E-state index contributed by atoms with van der Waals surface area (Å²) in [4.78, 5) is 0. The van der Waals surface area contributed by atoms with Crippen molar-refractivity contribution in [1.82, 2.24) is 5.32 Å². The molecule has 1 heteroatoms. The molecule has 0 aromatic rings. The zero-order valence-corrected chi connectivity index (χ0v) is 7.41. The zero-order chi connectivity index (χ0) is 7.61. The van der Waals surface area contributed by atoms with E-state index in [1.54, 1.807) is 0 Å². The third-order valence-corrected chi connectivity index (χ3v) is 2.73. The lowest BCUT2D eigenvalue weighted by molar-refractivity contribution is 0.315. The van der Waals surface area contributed by atoms with Crippen LogP contribution < -0.4 is 5.32 Å². The maximum absolute atomic E-state index is 3.53. The lowest BCUT2D eigenvalue weighted by Gasteiger charge is -2.26. The SMILES string of the molecule is CCCC1CCNC1(C)C. The molecule has 1 N–H and O–H groups in total. The van der Waals surface area contributed by atoms with Gasteiger partial charge in [0, 0.05) is 5.54 Å². The van der Waals surface area contributed by atoms with Crippen LogP contribution in [0, 0.1) is 5.92 Å². The highest BCUT2D eigenvalue weighted by molar-refractivity contribution is 4.91. The van der Waals surface area contributed by atoms with Gasteiger partial charge in [-0.2, -0.15) is 0 Å². The van der Waals surface area contributed by atoms with Crippen molar-refractivity contribution in [1.29, 1.82) is 0 Å². The quantitative estimate of drug-likeness (QED) is 0.621. The number of hydrogen-bond donors (Lipinski definition) is 1. The van der Waals surface area contributed by atoms with Crippen LogP contribution in [0.25, 0.3) is 0 Å². The molecule has 1 aliphatic rings. The van der Waals surface area contributed by atoms with Crippen LogP contribution in [0.2, 0.25) is 0 Å². The first-order valence-corrected chi connectivity index (χ1v) is 4.42. The Morgan fingerprint density at radius 1 is 1.50 bits per heavy atom. The average Bonchev–Trinajstić information content (AvgIpc) is 2.13. The van der Waals surface area contributed by atoms with Gasteiger partial charge in [-0.3, -0.25) is 0 Å². The van der Waals surface area contributed by atoms with Gasteiger partial charge in [-0.1, -0.05) is 13.3 Å². The van der Waals surface area contributed by atoms with Crippen molar-refractivity contribution >= 4 is 0 Å². The molecule has 0 aromatic heterocycles. The standard InChI is InChI=1S/C9H19N/c1-4-5-8-6-7-10-9(8,2)3/h8,10H,4-7H2,1-3H3. The molecule has 0 spiro atoms. The lowest BCUT2D eigenvalue weighted by Crippen LogP contribution is -2.37. The van der Waals surface area contributed by atoms with Crippen LogP contribution in [-0.4, -0.2) is 12.1 Å². The van der Waals surface area contributed by atoms with Crippen LogP contribution >= 0.6 is 0 Å². The molecule has 1 aliphatic heterocycles. The van der Waals surface area contributed by atoms with E-state index in [4.69, 9.17) is 0 Å². The molecule has 1 atom stereocenters. The molecule has 1 fully saturated rings. The smallest absolute Gasteiger partial charge is 0.0153 e. The second kappa shape index (κ2) is 2.91. The van der Waals surface area contributed by atoms with Gasteiger partial charge in [0.2, 0.25) is 0 Å². The van der Waals surface area contributed by atoms with E-state index >= 15 is 0 Å². The van der Waals surface area contributed by atoms with Gasteiger partial charge < -0.3 is 5.32 Å². The summed E-state index contributed by atoms with van der Waals surface area (Å²) in [6.45, 7) is 8.13. The highest BCUT2D eigenvalue weighted by Gasteiger charge is 2.32. The van der Waals surface area contributed by atoms with Gasteiger partial charge in [-0.15, -0.1) is 0 Å². The number of rotatable bonds is 2. The summed E-state index contributed by atoms with van der Waals surface area (Å²) >= 11 is 0. The van der Waals surface area contributed by atoms with Crippen LogP contribution in [-0.2, 0) is 0 Å². The summed E-state index contributed by atoms with van der Waals surface area (Å²) in [7, 11) is 0. The van der Waals surface area contributed by atoms with Crippen LogP contribution in [0.5, 0.6) is 0 Å². The second-order valence-electron chi connectivity index (χ2n) is 3.92. The third kappa shape index (κ3) is 1.51. The van der Waals surface area contributed by atoms with Gasteiger partial charge in [0.15, 0.2) is 0 Å². The highest BCUT2D eigenvalue weighted by Crippen LogP contribution is 2.29. The molecule has 1 nitrogen and oxygen atoms in total. The second-order valence-corrected chi connectivity index (χ2v) is 3.92. The van der Waals surface area contributed by atoms with Crippen molar-refractivity contribution in [3.05, 3.63) is 0 Å². The molecule has 10 heavy (non-hydrogen) atoms. The van der Waals surface area contributed by atoms with Gasteiger partial charge in [0.25, 0.3) is 0 Å². The summed E-state index contributed by atoms with van der Waals surface area (Å²) < 4.78 is 0. The summed E-state index contributed by atoms with van der Waals surface area (Å²) in [6.07, 6.45) is 4.09. The summed E-state index contributed by atoms with van der Waals surface area (Å²) in [5.74, 6) is 0.914. The average molecular weight is 141 g/mol. The summed E-state index contributed by atoms with van der Waals surface area (Å²) in [5, 5.41) is 3.53.